The first kappa shape index (κ1) is 19.2. The zero-order valence-electron chi connectivity index (χ0n) is 15.8. The average Bonchev–Trinajstić information content (AvgIpc) is 2.93. The molecule has 0 bridgehead atoms. The zero-order valence-corrected chi connectivity index (χ0v) is 16.6. The van der Waals surface area contributed by atoms with Crippen LogP contribution in [0.15, 0.2) is 54.6 Å². The summed E-state index contributed by atoms with van der Waals surface area (Å²) in [6.45, 7) is 4.82. The van der Waals surface area contributed by atoms with E-state index in [2.05, 4.69) is 17.6 Å². The van der Waals surface area contributed by atoms with Gasteiger partial charge < -0.3 is 10.3 Å². The van der Waals surface area contributed by atoms with Crippen LogP contribution in [-0.4, -0.2) is 10.5 Å². The van der Waals surface area contributed by atoms with E-state index in [1.54, 1.807) is 0 Å². The van der Waals surface area contributed by atoms with Gasteiger partial charge in [0.05, 0.1) is 5.56 Å². The first-order valence-corrected chi connectivity index (χ1v) is 9.72. The Morgan fingerprint density at radius 2 is 1.85 bits per heavy atom. The Labute approximate surface area is 165 Å². The lowest BCUT2D eigenvalue weighted by molar-refractivity contribution is 0.1000. The van der Waals surface area contributed by atoms with Crippen LogP contribution in [-0.2, 0) is 13.0 Å². The van der Waals surface area contributed by atoms with Crippen LogP contribution in [0.5, 0.6) is 0 Å². The standard InChI is InChI=1S/C23H25ClN2O/c1-3-4-13-20-22(18-10-6-5-7-11-18)21(23(25)27)16(2)26(20)15-17-9-8-12-19(24)14-17/h5-12,14H,3-4,13,15H2,1-2H3,(H2,25,27). The predicted molar refractivity (Wildman–Crippen MR) is 112 cm³/mol. The summed E-state index contributed by atoms with van der Waals surface area (Å²) >= 11 is 6.17. The predicted octanol–water partition coefficient (Wildman–Crippen LogP) is 5.61. The molecule has 0 unspecified atom stereocenters. The number of unbranched alkanes of at least 4 members (excludes halogenated alkanes) is 1. The first-order valence-electron chi connectivity index (χ1n) is 9.34. The number of hydrogen-bond donors (Lipinski definition) is 1. The Kier molecular flexibility index (Phi) is 6.02. The Balaban J connectivity index is 2.21. The maximum absolute atomic E-state index is 12.3. The van der Waals surface area contributed by atoms with Gasteiger partial charge >= 0.3 is 0 Å². The van der Waals surface area contributed by atoms with E-state index < -0.39 is 0 Å². The fourth-order valence-electron chi connectivity index (χ4n) is 3.65. The minimum absolute atomic E-state index is 0.381. The lowest BCUT2D eigenvalue weighted by Gasteiger charge is -2.14. The lowest BCUT2D eigenvalue weighted by atomic mass is 9.97. The molecule has 3 aromatic rings. The van der Waals surface area contributed by atoms with E-state index in [0.717, 1.165) is 47.3 Å². The van der Waals surface area contributed by atoms with Crippen molar-refractivity contribution in [2.75, 3.05) is 0 Å². The summed E-state index contributed by atoms with van der Waals surface area (Å²) in [5, 5.41) is 0.714. The molecule has 0 aliphatic carbocycles. The third-order valence-corrected chi connectivity index (χ3v) is 5.17. The van der Waals surface area contributed by atoms with Gasteiger partial charge in [0.2, 0.25) is 0 Å². The number of amides is 1. The van der Waals surface area contributed by atoms with Crippen molar-refractivity contribution in [2.45, 2.75) is 39.7 Å². The quantitative estimate of drug-likeness (QED) is 0.569. The first-order chi connectivity index (χ1) is 13.0. The molecule has 0 atom stereocenters. The van der Waals surface area contributed by atoms with Crippen molar-refractivity contribution in [1.82, 2.24) is 4.57 Å². The number of hydrogen-bond acceptors (Lipinski definition) is 1. The molecule has 1 heterocycles. The summed E-state index contributed by atoms with van der Waals surface area (Å²) in [5.41, 5.74) is 11.6. The van der Waals surface area contributed by atoms with E-state index in [1.165, 1.54) is 0 Å². The highest BCUT2D eigenvalue weighted by molar-refractivity contribution is 6.30. The van der Waals surface area contributed by atoms with Crippen molar-refractivity contribution in [3.05, 3.63) is 82.1 Å². The van der Waals surface area contributed by atoms with Crippen LogP contribution in [0.1, 0.15) is 47.1 Å². The number of nitrogens with two attached hydrogens (primary N) is 1. The fraction of sp³-hybridized carbons (Fsp3) is 0.261. The van der Waals surface area contributed by atoms with E-state index in [0.29, 0.717) is 17.1 Å². The van der Waals surface area contributed by atoms with Gasteiger partial charge in [-0.1, -0.05) is 67.4 Å². The van der Waals surface area contributed by atoms with Crippen LogP contribution >= 0.6 is 11.6 Å². The van der Waals surface area contributed by atoms with Gasteiger partial charge in [0.1, 0.15) is 0 Å². The highest BCUT2D eigenvalue weighted by atomic mass is 35.5. The Morgan fingerprint density at radius 1 is 1.11 bits per heavy atom. The number of carbonyl (C=O) groups excluding carboxylic acids is 1. The molecule has 0 saturated carbocycles. The number of benzene rings is 2. The molecule has 0 aliphatic rings. The molecule has 3 nitrogen and oxygen atoms in total. The topological polar surface area (TPSA) is 48.0 Å². The van der Waals surface area contributed by atoms with E-state index in [1.807, 2.05) is 55.5 Å². The lowest BCUT2D eigenvalue weighted by Crippen LogP contribution is -2.13. The van der Waals surface area contributed by atoms with E-state index in [4.69, 9.17) is 17.3 Å². The summed E-state index contributed by atoms with van der Waals surface area (Å²) in [6, 6.07) is 17.9. The Bertz CT molecular complexity index is 945. The third kappa shape index (κ3) is 4.09. The summed E-state index contributed by atoms with van der Waals surface area (Å²) in [4.78, 5) is 12.3. The van der Waals surface area contributed by atoms with E-state index in [9.17, 15) is 4.79 Å². The molecule has 4 heteroatoms. The van der Waals surface area contributed by atoms with Crippen LogP contribution in [0.3, 0.4) is 0 Å². The molecule has 0 spiro atoms. The number of carbonyl (C=O) groups is 1. The molecular weight excluding hydrogens is 356 g/mol. The van der Waals surface area contributed by atoms with E-state index >= 15 is 0 Å². The second-order valence-electron chi connectivity index (χ2n) is 6.83. The fourth-order valence-corrected chi connectivity index (χ4v) is 3.86. The summed E-state index contributed by atoms with van der Waals surface area (Å²) in [7, 11) is 0. The minimum Gasteiger partial charge on any atom is -0.366 e. The third-order valence-electron chi connectivity index (χ3n) is 4.94. The number of nitrogens with zero attached hydrogens (tertiary/aromatic N) is 1. The van der Waals surface area contributed by atoms with Gasteiger partial charge in [0, 0.05) is 28.5 Å². The highest BCUT2D eigenvalue weighted by Crippen LogP contribution is 2.34. The van der Waals surface area contributed by atoms with Gasteiger partial charge in [-0.25, -0.2) is 0 Å². The van der Waals surface area contributed by atoms with Gasteiger partial charge in [0.15, 0.2) is 0 Å². The zero-order chi connectivity index (χ0) is 19.4. The number of rotatable bonds is 7. The highest BCUT2D eigenvalue weighted by Gasteiger charge is 2.24. The van der Waals surface area contributed by atoms with Gasteiger partial charge in [-0.05, 0) is 43.0 Å². The summed E-state index contributed by atoms with van der Waals surface area (Å²) in [5.74, 6) is -0.381. The summed E-state index contributed by atoms with van der Waals surface area (Å²) in [6.07, 6.45) is 3.04. The molecule has 1 amide bonds. The molecule has 1 aromatic heterocycles. The van der Waals surface area contributed by atoms with Gasteiger partial charge in [0.25, 0.3) is 5.91 Å². The van der Waals surface area contributed by atoms with Crippen LogP contribution in [0.4, 0.5) is 0 Å². The molecule has 3 rings (SSSR count). The van der Waals surface area contributed by atoms with Crippen LogP contribution < -0.4 is 5.73 Å². The molecular formula is C23H25ClN2O. The minimum atomic E-state index is -0.381. The van der Waals surface area contributed by atoms with Crippen molar-refractivity contribution in [3.8, 4) is 11.1 Å². The SMILES string of the molecule is CCCCc1c(-c2ccccc2)c(C(N)=O)c(C)n1Cc1cccc(Cl)c1. The number of halogens is 1. The molecule has 2 aromatic carbocycles. The number of primary amides is 1. The summed E-state index contributed by atoms with van der Waals surface area (Å²) < 4.78 is 2.23. The molecule has 0 saturated heterocycles. The van der Waals surface area contributed by atoms with Crippen molar-refractivity contribution < 1.29 is 4.79 Å². The second kappa shape index (κ2) is 8.45. The molecule has 0 fully saturated rings. The maximum atomic E-state index is 12.3. The molecule has 27 heavy (non-hydrogen) atoms. The largest absolute Gasteiger partial charge is 0.366 e. The van der Waals surface area contributed by atoms with Gasteiger partial charge in [-0.3, -0.25) is 4.79 Å². The van der Waals surface area contributed by atoms with Crippen molar-refractivity contribution in [1.29, 1.82) is 0 Å². The Morgan fingerprint density at radius 3 is 2.48 bits per heavy atom. The second-order valence-corrected chi connectivity index (χ2v) is 7.27. The van der Waals surface area contributed by atoms with Crippen LogP contribution in [0, 0.1) is 6.92 Å². The molecule has 2 N–H and O–H groups in total. The monoisotopic (exact) mass is 380 g/mol. The van der Waals surface area contributed by atoms with Gasteiger partial charge in [-0.15, -0.1) is 0 Å². The normalized spacial score (nSPS) is 10.9. The smallest absolute Gasteiger partial charge is 0.251 e. The molecule has 140 valence electrons. The average molecular weight is 381 g/mol. The van der Waals surface area contributed by atoms with Gasteiger partial charge in [-0.2, -0.15) is 0 Å². The van der Waals surface area contributed by atoms with E-state index in [-0.39, 0.29) is 5.91 Å². The van der Waals surface area contributed by atoms with Crippen LogP contribution in [0.2, 0.25) is 5.02 Å². The van der Waals surface area contributed by atoms with Crippen molar-refractivity contribution in [2.24, 2.45) is 5.73 Å². The Hall–Kier alpha value is -2.52. The maximum Gasteiger partial charge on any atom is 0.251 e. The molecule has 0 aliphatic heterocycles. The molecule has 0 radical (unpaired) electrons. The van der Waals surface area contributed by atoms with Crippen molar-refractivity contribution in [3.63, 3.8) is 0 Å². The van der Waals surface area contributed by atoms with Crippen molar-refractivity contribution >= 4 is 17.5 Å². The number of aromatic nitrogens is 1. The van der Waals surface area contributed by atoms with Crippen LogP contribution in [0.25, 0.3) is 11.1 Å².